The summed E-state index contributed by atoms with van der Waals surface area (Å²) in [5.74, 6) is 1.04. The van der Waals surface area contributed by atoms with E-state index in [1.165, 1.54) is 0 Å². The van der Waals surface area contributed by atoms with E-state index < -0.39 is 0 Å². The molecule has 1 amide bonds. The second kappa shape index (κ2) is 8.90. The Kier molecular flexibility index (Phi) is 6.25. The molecule has 2 fully saturated rings. The van der Waals surface area contributed by atoms with Crippen molar-refractivity contribution in [3.63, 3.8) is 0 Å². The first-order valence-electron chi connectivity index (χ1n) is 11.2. The summed E-state index contributed by atoms with van der Waals surface area (Å²) >= 11 is 0. The normalized spacial score (nSPS) is 25.0. The van der Waals surface area contributed by atoms with Gasteiger partial charge < -0.3 is 14.6 Å². The molecule has 0 bridgehead atoms. The Balaban J connectivity index is 1.56. The highest BCUT2D eigenvalue weighted by Crippen LogP contribution is 2.36. The third kappa shape index (κ3) is 4.30. The summed E-state index contributed by atoms with van der Waals surface area (Å²) in [6, 6.07) is 9.72. The summed E-state index contributed by atoms with van der Waals surface area (Å²) in [4.78, 5) is 15.9. The Labute approximate surface area is 179 Å². The smallest absolute Gasteiger partial charge is 0.257 e. The third-order valence-corrected chi connectivity index (χ3v) is 6.33. The van der Waals surface area contributed by atoms with Gasteiger partial charge in [0.2, 0.25) is 0 Å². The van der Waals surface area contributed by atoms with E-state index in [-0.39, 0.29) is 17.6 Å². The van der Waals surface area contributed by atoms with Crippen LogP contribution in [0, 0.1) is 12.8 Å². The zero-order valence-electron chi connectivity index (χ0n) is 18.3. The maximum atomic E-state index is 13.4. The van der Waals surface area contributed by atoms with Gasteiger partial charge in [-0.05, 0) is 25.7 Å². The van der Waals surface area contributed by atoms with Crippen LogP contribution in [0.3, 0.4) is 0 Å². The lowest BCUT2D eigenvalue weighted by Gasteiger charge is -2.50. The van der Waals surface area contributed by atoms with Crippen molar-refractivity contribution >= 4 is 5.91 Å². The maximum absolute atomic E-state index is 13.4. The van der Waals surface area contributed by atoms with Crippen molar-refractivity contribution < 1.29 is 14.1 Å². The Morgan fingerprint density at radius 3 is 2.87 bits per heavy atom. The minimum Gasteiger partial charge on any atom is -0.370 e. The fourth-order valence-electron chi connectivity index (χ4n) is 4.99. The van der Waals surface area contributed by atoms with Gasteiger partial charge in [0.15, 0.2) is 0 Å². The summed E-state index contributed by atoms with van der Waals surface area (Å²) in [5, 5.41) is 7.49. The molecule has 2 atom stereocenters. The summed E-state index contributed by atoms with van der Waals surface area (Å²) in [7, 11) is 0. The lowest BCUT2D eigenvalue weighted by atomic mass is 9.78. The second-order valence-corrected chi connectivity index (χ2v) is 9.14. The number of morpholine rings is 1. The van der Waals surface area contributed by atoms with Crippen LogP contribution in [0.5, 0.6) is 0 Å². The number of nitrogens with one attached hydrogen (secondary N) is 1. The average molecular weight is 412 g/mol. The van der Waals surface area contributed by atoms with E-state index in [1.807, 2.05) is 30.3 Å². The largest absolute Gasteiger partial charge is 0.370 e. The van der Waals surface area contributed by atoms with Gasteiger partial charge in [-0.25, -0.2) is 0 Å². The number of aromatic nitrogens is 1. The molecule has 30 heavy (non-hydrogen) atoms. The van der Waals surface area contributed by atoms with Crippen molar-refractivity contribution in [2.75, 3.05) is 26.2 Å². The molecule has 1 saturated heterocycles. The summed E-state index contributed by atoms with van der Waals surface area (Å²) < 4.78 is 11.8. The molecule has 6 heteroatoms. The van der Waals surface area contributed by atoms with Crippen LogP contribution in [-0.2, 0) is 4.74 Å². The second-order valence-electron chi connectivity index (χ2n) is 9.14. The van der Waals surface area contributed by atoms with E-state index in [9.17, 15) is 4.79 Å². The van der Waals surface area contributed by atoms with E-state index in [4.69, 9.17) is 9.26 Å². The van der Waals surface area contributed by atoms with Crippen molar-refractivity contribution in [3.05, 3.63) is 41.7 Å². The highest BCUT2D eigenvalue weighted by Gasteiger charge is 2.46. The van der Waals surface area contributed by atoms with Crippen LogP contribution < -0.4 is 5.32 Å². The monoisotopic (exact) mass is 411 g/mol. The van der Waals surface area contributed by atoms with Gasteiger partial charge in [-0.2, -0.15) is 0 Å². The van der Waals surface area contributed by atoms with Crippen molar-refractivity contribution in [1.29, 1.82) is 0 Å². The molecular formula is C24H33N3O3. The predicted octanol–water partition coefficient (Wildman–Crippen LogP) is 4.05. The van der Waals surface area contributed by atoms with Crippen molar-refractivity contribution in [2.24, 2.45) is 5.92 Å². The van der Waals surface area contributed by atoms with Crippen LogP contribution in [0.2, 0.25) is 0 Å². The first kappa shape index (κ1) is 21.1. The van der Waals surface area contributed by atoms with Crippen molar-refractivity contribution in [2.45, 2.75) is 58.1 Å². The van der Waals surface area contributed by atoms with Gasteiger partial charge in [0.05, 0.1) is 12.6 Å². The standard InChI is InChI=1S/C24H33N3O3/c1-17(2)15-27-13-14-29-24(16-27)12-8-7-11-20(24)25-23(28)21-18(3)30-26-22(21)19-9-5-4-6-10-19/h4-6,9-10,17,20H,7-8,11-16H2,1-3H3,(H,25,28)/t20-,24+/m0/s1. The molecule has 1 aromatic carbocycles. The molecule has 1 aliphatic carbocycles. The maximum Gasteiger partial charge on any atom is 0.257 e. The first-order chi connectivity index (χ1) is 14.5. The number of amides is 1. The molecule has 6 nitrogen and oxygen atoms in total. The van der Waals surface area contributed by atoms with Crippen molar-refractivity contribution in [1.82, 2.24) is 15.4 Å². The highest BCUT2D eigenvalue weighted by atomic mass is 16.5. The minimum atomic E-state index is -0.307. The number of carbonyl (C=O) groups excluding carboxylic acids is 1. The van der Waals surface area contributed by atoms with Gasteiger partial charge >= 0.3 is 0 Å². The topological polar surface area (TPSA) is 67.6 Å². The van der Waals surface area contributed by atoms with E-state index >= 15 is 0 Å². The summed E-state index contributed by atoms with van der Waals surface area (Å²) in [5.41, 5.74) is 1.70. The number of rotatable bonds is 5. The Morgan fingerprint density at radius 1 is 1.30 bits per heavy atom. The molecule has 162 valence electrons. The molecule has 1 aromatic heterocycles. The van der Waals surface area contributed by atoms with Gasteiger partial charge in [0.1, 0.15) is 22.6 Å². The van der Waals surface area contributed by atoms with Gasteiger partial charge in [0, 0.05) is 25.2 Å². The molecule has 1 aliphatic heterocycles. The quantitative estimate of drug-likeness (QED) is 0.804. The molecule has 0 radical (unpaired) electrons. The first-order valence-corrected chi connectivity index (χ1v) is 11.2. The Hall–Kier alpha value is -2.18. The number of hydrogen-bond donors (Lipinski definition) is 1. The fourth-order valence-corrected chi connectivity index (χ4v) is 4.99. The number of nitrogens with zero attached hydrogens (tertiary/aromatic N) is 2. The van der Waals surface area contributed by atoms with Crippen molar-refractivity contribution in [3.8, 4) is 11.3 Å². The average Bonchev–Trinajstić information content (AvgIpc) is 3.12. The Morgan fingerprint density at radius 2 is 2.10 bits per heavy atom. The highest BCUT2D eigenvalue weighted by molar-refractivity contribution is 6.01. The molecule has 2 heterocycles. The van der Waals surface area contributed by atoms with E-state index in [0.717, 1.165) is 57.5 Å². The van der Waals surface area contributed by atoms with Gasteiger partial charge in [-0.1, -0.05) is 62.2 Å². The lowest BCUT2D eigenvalue weighted by molar-refractivity contribution is -0.142. The third-order valence-electron chi connectivity index (χ3n) is 6.33. The van der Waals surface area contributed by atoms with Crippen LogP contribution in [-0.4, -0.2) is 53.8 Å². The minimum absolute atomic E-state index is 0.00774. The number of ether oxygens (including phenoxy) is 1. The zero-order chi connectivity index (χ0) is 21.1. The SMILES string of the molecule is Cc1onc(-c2ccccc2)c1C(=O)N[C@H]1CCCC[C@@]12CN(CC(C)C)CCO2. The molecule has 2 aromatic rings. The van der Waals surface area contributed by atoms with Gasteiger partial charge in [-0.15, -0.1) is 0 Å². The molecule has 0 unspecified atom stereocenters. The number of carbonyl (C=O) groups is 1. The lowest BCUT2D eigenvalue weighted by Crippen LogP contribution is -2.64. The Bertz CT molecular complexity index is 860. The summed E-state index contributed by atoms with van der Waals surface area (Å²) in [6.07, 6.45) is 4.17. The molecule has 1 saturated carbocycles. The van der Waals surface area contributed by atoms with Crippen LogP contribution >= 0.6 is 0 Å². The summed E-state index contributed by atoms with van der Waals surface area (Å²) in [6.45, 7) is 9.93. The number of benzene rings is 1. The van der Waals surface area contributed by atoms with Crippen LogP contribution in [0.25, 0.3) is 11.3 Å². The molecule has 2 aliphatic rings. The fraction of sp³-hybridized carbons (Fsp3) is 0.583. The zero-order valence-corrected chi connectivity index (χ0v) is 18.3. The van der Waals surface area contributed by atoms with Crippen LogP contribution in [0.1, 0.15) is 55.6 Å². The van der Waals surface area contributed by atoms with E-state index in [2.05, 4.69) is 29.2 Å². The van der Waals surface area contributed by atoms with Crippen LogP contribution in [0.4, 0.5) is 0 Å². The van der Waals surface area contributed by atoms with Crippen LogP contribution in [0.15, 0.2) is 34.9 Å². The van der Waals surface area contributed by atoms with E-state index in [1.54, 1.807) is 6.92 Å². The molecule has 1 N–H and O–H groups in total. The van der Waals surface area contributed by atoms with Gasteiger partial charge in [0.25, 0.3) is 5.91 Å². The molecule has 4 rings (SSSR count). The van der Waals surface area contributed by atoms with Gasteiger partial charge in [-0.3, -0.25) is 9.69 Å². The van der Waals surface area contributed by atoms with E-state index in [0.29, 0.717) is 22.9 Å². The predicted molar refractivity (Wildman–Crippen MR) is 116 cm³/mol. The number of aryl methyl sites for hydroxylation is 1. The molecular weight excluding hydrogens is 378 g/mol. The molecule has 1 spiro atoms. The number of hydrogen-bond acceptors (Lipinski definition) is 5.